The number of carbonyl (C=O) groups excluding carboxylic acids is 1. The van der Waals surface area contributed by atoms with Crippen molar-refractivity contribution in [3.63, 3.8) is 0 Å². The zero-order chi connectivity index (χ0) is 11.6. The van der Waals surface area contributed by atoms with E-state index >= 15 is 0 Å². The molecule has 1 nitrogen and oxygen atoms in total. The van der Waals surface area contributed by atoms with Crippen molar-refractivity contribution < 1.29 is 4.79 Å². The van der Waals surface area contributed by atoms with Gasteiger partial charge in [-0.2, -0.15) is 0 Å². The molecule has 0 aliphatic rings. The van der Waals surface area contributed by atoms with E-state index in [0.29, 0.717) is 5.92 Å². The molecule has 82 valence electrons. The normalized spacial score (nSPS) is 17.4. The van der Waals surface area contributed by atoms with Gasteiger partial charge in [0, 0.05) is 5.41 Å². The van der Waals surface area contributed by atoms with E-state index in [2.05, 4.69) is 45.3 Å². The molecule has 0 aromatic heterocycles. The maximum atomic E-state index is 11.6. The summed E-state index contributed by atoms with van der Waals surface area (Å²) >= 11 is 0. The number of rotatable bonds is 4. The maximum Gasteiger partial charge on any atom is 0.139 e. The van der Waals surface area contributed by atoms with Crippen LogP contribution in [0.1, 0.15) is 27.7 Å². The van der Waals surface area contributed by atoms with Crippen LogP contribution < -0.4 is 0 Å². The van der Waals surface area contributed by atoms with Crippen molar-refractivity contribution in [2.75, 3.05) is 0 Å². The van der Waals surface area contributed by atoms with E-state index < -0.39 is 8.07 Å². The second-order valence-electron chi connectivity index (χ2n) is 5.69. The highest BCUT2D eigenvalue weighted by atomic mass is 28.3. The molecule has 0 N–H and O–H groups in total. The van der Waals surface area contributed by atoms with Crippen LogP contribution in [0.3, 0.4) is 0 Å². The fourth-order valence-corrected chi connectivity index (χ4v) is 1.99. The molecule has 0 bridgehead atoms. The molecule has 0 aliphatic carbocycles. The van der Waals surface area contributed by atoms with E-state index in [4.69, 9.17) is 0 Å². The number of carbonyl (C=O) groups is 1. The molecule has 0 radical (unpaired) electrons. The fraction of sp³-hybridized carbons (Fsp3) is 0.750. The molecule has 0 aromatic carbocycles. The largest absolute Gasteiger partial charge is 0.299 e. The Morgan fingerprint density at radius 1 is 1.29 bits per heavy atom. The van der Waals surface area contributed by atoms with E-state index in [9.17, 15) is 4.79 Å². The summed E-state index contributed by atoms with van der Waals surface area (Å²) in [6, 6.07) is 0. The summed E-state index contributed by atoms with van der Waals surface area (Å²) in [6.45, 7) is 14.8. The van der Waals surface area contributed by atoms with Gasteiger partial charge >= 0.3 is 0 Å². The van der Waals surface area contributed by atoms with E-state index in [-0.39, 0.29) is 11.2 Å². The summed E-state index contributed by atoms with van der Waals surface area (Å²) in [4.78, 5) is 11.6. The van der Waals surface area contributed by atoms with E-state index in [1.54, 1.807) is 6.92 Å². The first-order valence-corrected chi connectivity index (χ1v) is 8.89. The van der Waals surface area contributed by atoms with Crippen molar-refractivity contribution in [2.45, 2.75) is 47.3 Å². The first-order chi connectivity index (χ1) is 6.09. The summed E-state index contributed by atoms with van der Waals surface area (Å²) in [5.41, 5.74) is 1.99. The molecule has 2 heteroatoms. The highest BCUT2D eigenvalue weighted by Gasteiger charge is 2.30. The second kappa shape index (κ2) is 4.43. The first-order valence-electron chi connectivity index (χ1n) is 5.31. The minimum Gasteiger partial charge on any atom is -0.299 e. The van der Waals surface area contributed by atoms with Crippen LogP contribution in [-0.2, 0) is 4.79 Å². The smallest absolute Gasteiger partial charge is 0.139 e. The van der Waals surface area contributed by atoms with Crippen molar-refractivity contribution in [3.05, 3.63) is 11.8 Å². The summed E-state index contributed by atoms with van der Waals surface area (Å²) < 4.78 is 0. The topological polar surface area (TPSA) is 17.1 Å². The third-order valence-corrected chi connectivity index (χ3v) is 4.05. The highest BCUT2D eigenvalue weighted by molar-refractivity contribution is 6.81. The number of Topliss-reactive ketones (excluding diaryl/α,β-unsaturated/α-hetero) is 1. The van der Waals surface area contributed by atoms with Gasteiger partial charge in [-0.05, 0) is 19.8 Å². The van der Waals surface area contributed by atoms with Crippen molar-refractivity contribution in [1.29, 1.82) is 0 Å². The second-order valence-corrected chi connectivity index (χ2v) is 10.8. The molecule has 1 atom stereocenters. The molecule has 0 rings (SSSR count). The van der Waals surface area contributed by atoms with E-state index in [0.717, 1.165) is 0 Å². The average Bonchev–Trinajstić information content (AvgIpc) is 1.97. The standard InChI is InChI=1S/C12H24OSi/c1-10(2)12(4,11(3)13)8-9-14(5,6)7/h8-10H,1-7H3/b9-8+. The van der Waals surface area contributed by atoms with Crippen LogP contribution in [0, 0.1) is 11.3 Å². The molecule has 0 saturated heterocycles. The van der Waals surface area contributed by atoms with Gasteiger partial charge in [0.25, 0.3) is 0 Å². The monoisotopic (exact) mass is 212 g/mol. The summed E-state index contributed by atoms with van der Waals surface area (Å²) in [6.07, 6.45) is 2.13. The van der Waals surface area contributed by atoms with Gasteiger partial charge in [-0.15, -0.1) is 0 Å². The Hall–Kier alpha value is -0.373. The van der Waals surface area contributed by atoms with Crippen molar-refractivity contribution >= 4 is 13.9 Å². The molecule has 0 fully saturated rings. The lowest BCUT2D eigenvalue weighted by atomic mass is 9.76. The van der Waals surface area contributed by atoms with Gasteiger partial charge in [0.05, 0.1) is 8.07 Å². The lowest BCUT2D eigenvalue weighted by Gasteiger charge is -2.28. The van der Waals surface area contributed by atoms with Crippen LogP contribution in [0.25, 0.3) is 0 Å². The van der Waals surface area contributed by atoms with Gasteiger partial charge in [-0.1, -0.05) is 45.3 Å². The van der Waals surface area contributed by atoms with Crippen LogP contribution in [0.5, 0.6) is 0 Å². The molecule has 0 spiro atoms. The van der Waals surface area contributed by atoms with Gasteiger partial charge in [0.2, 0.25) is 0 Å². The van der Waals surface area contributed by atoms with E-state index in [1.807, 2.05) is 6.92 Å². The Labute approximate surface area is 89.6 Å². The third-order valence-electron chi connectivity index (χ3n) is 2.89. The van der Waals surface area contributed by atoms with Crippen LogP contribution in [0.15, 0.2) is 11.8 Å². The molecule has 0 aliphatic heterocycles. The predicted molar refractivity (Wildman–Crippen MR) is 66.1 cm³/mol. The fourth-order valence-electron chi connectivity index (χ4n) is 1.14. The zero-order valence-corrected chi connectivity index (χ0v) is 11.6. The molecule has 1 unspecified atom stereocenters. The SMILES string of the molecule is CC(=O)C(C)(/C=C/[Si](C)(C)C)C(C)C. The van der Waals surface area contributed by atoms with Crippen LogP contribution >= 0.6 is 0 Å². The Morgan fingerprint density at radius 2 is 1.71 bits per heavy atom. The number of hydrogen-bond donors (Lipinski definition) is 0. The maximum absolute atomic E-state index is 11.6. The van der Waals surface area contributed by atoms with Gasteiger partial charge < -0.3 is 0 Å². The lowest BCUT2D eigenvalue weighted by molar-refractivity contribution is -0.125. The Kier molecular flexibility index (Phi) is 4.31. The van der Waals surface area contributed by atoms with Crippen molar-refractivity contribution in [3.8, 4) is 0 Å². The van der Waals surface area contributed by atoms with Crippen molar-refractivity contribution in [1.82, 2.24) is 0 Å². The Morgan fingerprint density at radius 3 is 1.93 bits per heavy atom. The summed E-state index contributed by atoms with van der Waals surface area (Å²) in [7, 11) is -1.19. The predicted octanol–water partition coefficient (Wildman–Crippen LogP) is 3.67. The summed E-state index contributed by atoms with van der Waals surface area (Å²) in [5, 5.41) is 0. The summed E-state index contributed by atoms with van der Waals surface area (Å²) in [5.74, 6) is 0.634. The molecule has 0 saturated carbocycles. The minimum absolute atomic E-state index is 0.266. The van der Waals surface area contributed by atoms with Gasteiger partial charge in [0.15, 0.2) is 0 Å². The molecular weight excluding hydrogens is 188 g/mol. The average molecular weight is 212 g/mol. The van der Waals surface area contributed by atoms with Gasteiger partial charge in [-0.25, -0.2) is 0 Å². The highest BCUT2D eigenvalue weighted by Crippen LogP contribution is 2.30. The van der Waals surface area contributed by atoms with Crippen LogP contribution in [0.4, 0.5) is 0 Å². The molecule has 0 amide bonds. The Balaban J connectivity index is 4.89. The van der Waals surface area contributed by atoms with E-state index in [1.165, 1.54) is 0 Å². The molecule has 14 heavy (non-hydrogen) atoms. The quantitative estimate of drug-likeness (QED) is 0.650. The van der Waals surface area contributed by atoms with Crippen LogP contribution in [-0.4, -0.2) is 13.9 Å². The minimum atomic E-state index is -1.19. The Bertz CT molecular complexity index is 235. The lowest BCUT2D eigenvalue weighted by Crippen LogP contribution is -2.30. The first kappa shape index (κ1) is 13.6. The number of ketones is 1. The molecule has 0 aromatic rings. The van der Waals surface area contributed by atoms with Crippen molar-refractivity contribution in [2.24, 2.45) is 11.3 Å². The molecular formula is C12H24OSi. The van der Waals surface area contributed by atoms with Gasteiger partial charge in [0.1, 0.15) is 5.78 Å². The zero-order valence-electron chi connectivity index (χ0n) is 10.6. The van der Waals surface area contributed by atoms with Crippen LogP contribution in [0.2, 0.25) is 19.6 Å². The third kappa shape index (κ3) is 3.78. The van der Waals surface area contributed by atoms with Gasteiger partial charge in [-0.3, -0.25) is 4.79 Å². The number of hydrogen-bond acceptors (Lipinski definition) is 1. The molecule has 0 heterocycles. The number of allylic oxidation sites excluding steroid dienone is 1.